The molecule has 2 N–H and O–H groups in total. The summed E-state index contributed by atoms with van der Waals surface area (Å²) in [6, 6.07) is 5.63. The summed E-state index contributed by atoms with van der Waals surface area (Å²) in [6.45, 7) is 3.84. The van der Waals surface area contributed by atoms with Gasteiger partial charge in [0.15, 0.2) is 0 Å². The third-order valence-electron chi connectivity index (χ3n) is 2.74. The maximum Gasteiger partial charge on any atom is 0.135 e. The number of hydrogen-bond donors (Lipinski definition) is 1. The van der Waals surface area contributed by atoms with E-state index >= 15 is 0 Å². The zero-order valence-corrected chi connectivity index (χ0v) is 12.1. The van der Waals surface area contributed by atoms with Crippen molar-refractivity contribution < 1.29 is 4.74 Å². The van der Waals surface area contributed by atoms with E-state index in [0.29, 0.717) is 0 Å². The maximum atomic E-state index is 5.84. The lowest BCUT2D eigenvalue weighted by atomic mass is 10.2. The molecule has 0 bridgehead atoms. The first kappa shape index (κ1) is 13.0. The van der Waals surface area contributed by atoms with E-state index in [1.54, 1.807) is 11.8 Å². The molecule has 0 aliphatic rings. The molecular weight excluding hydrogens is 296 g/mol. The molecule has 1 atom stereocenters. The highest BCUT2D eigenvalue weighted by Crippen LogP contribution is 2.27. The van der Waals surface area contributed by atoms with Gasteiger partial charge in [-0.05, 0) is 41.9 Å². The number of ether oxygens (including phenoxy) is 1. The van der Waals surface area contributed by atoms with Gasteiger partial charge in [0.1, 0.15) is 11.4 Å². The highest BCUT2D eigenvalue weighted by molar-refractivity contribution is 9.10. The molecule has 0 radical (unpaired) electrons. The summed E-state index contributed by atoms with van der Waals surface area (Å²) in [6.07, 6.45) is 0. The van der Waals surface area contributed by atoms with Crippen LogP contribution in [-0.4, -0.2) is 22.1 Å². The second kappa shape index (κ2) is 5.07. The normalized spacial score (nSPS) is 12.5. The lowest BCUT2D eigenvalue weighted by molar-refractivity contribution is 0.412. The van der Waals surface area contributed by atoms with E-state index in [-0.39, 0.29) is 6.04 Å². The van der Waals surface area contributed by atoms with Crippen LogP contribution in [0.4, 0.5) is 0 Å². The quantitative estimate of drug-likeness (QED) is 0.945. The molecule has 2 aromatic rings. The van der Waals surface area contributed by atoms with E-state index in [2.05, 4.69) is 26.2 Å². The predicted molar refractivity (Wildman–Crippen MR) is 73.0 cm³/mol. The van der Waals surface area contributed by atoms with Gasteiger partial charge in [0.05, 0.1) is 23.0 Å². The minimum absolute atomic E-state index is 0.129. The van der Waals surface area contributed by atoms with E-state index in [1.165, 1.54) is 0 Å². The van der Waals surface area contributed by atoms with Gasteiger partial charge in [-0.1, -0.05) is 5.21 Å². The Hall–Kier alpha value is -1.40. The number of aromatic nitrogens is 3. The molecule has 1 aromatic heterocycles. The van der Waals surface area contributed by atoms with E-state index < -0.39 is 0 Å². The fourth-order valence-corrected chi connectivity index (χ4v) is 2.20. The second-order valence-corrected chi connectivity index (χ2v) is 4.93. The van der Waals surface area contributed by atoms with Crippen molar-refractivity contribution in [1.82, 2.24) is 15.0 Å². The summed E-state index contributed by atoms with van der Waals surface area (Å²) in [5.41, 5.74) is 8.48. The number of hydrogen-bond acceptors (Lipinski definition) is 4. The maximum absolute atomic E-state index is 5.84. The Labute approximate surface area is 114 Å². The lowest BCUT2D eigenvalue weighted by Crippen LogP contribution is -2.08. The van der Waals surface area contributed by atoms with Gasteiger partial charge in [-0.2, -0.15) is 0 Å². The van der Waals surface area contributed by atoms with E-state index in [9.17, 15) is 0 Å². The Morgan fingerprint density at radius 1 is 1.44 bits per heavy atom. The first-order chi connectivity index (χ1) is 8.54. The van der Waals surface area contributed by atoms with E-state index in [0.717, 1.165) is 27.3 Å². The fourth-order valence-electron chi connectivity index (χ4n) is 1.79. The molecule has 96 valence electrons. The zero-order valence-electron chi connectivity index (χ0n) is 10.5. The summed E-state index contributed by atoms with van der Waals surface area (Å²) in [5, 5.41) is 8.23. The number of nitrogens with zero attached hydrogens (tertiary/aromatic N) is 3. The SMILES string of the molecule is COc1cc(-n2nnc(C(C)N)c2C)ccc1Br. The predicted octanol–water partition coefficient (Wildman–Crippen LogP) is 2.37. The average Bonchev–Trinajstić information content (AvgIpc) is 2.72. The molecule has 0 spiro atoms. The summed E-state index contributed by atoms with van der Waals surface area (Å²) in [4.78, 5) is 0. The first-order valence-electron chi connectivity index (χ1n) is 5.56. The van der Waals surface area contributed by atoms with Crippen LogP contribution in [-0.2, 0) is 0 Å². The minimum Gasteiger partial charge on any atom is -0.495 e. The molecule has 0 aliphatic heterocycles. The molecule has 0 fully saturated rings. The molecule has 0 amide bonds. The lowest BCUT2D eigenvalue weighted by Gasteiger charge is -2.08. The first-order valence-corrected chi connectivity index (χ1v) is 6.35. The molecule has 18 heavy (non-hydrogen) atoms. The largest absolute Gasteiger partial charge is 0.495 e. The van der Waals surface area contributed by atoms with Gasteiger partial charge in [0.25, 0.3) is 0 Å². The monoisotopic (exact) mass is 310 g/mol. The van der Waals surface area contributed by atoms with Crippen LogP contribution in [0.25, 0.3) is 5.69 Å². The summed E-state index contributed by atoms with van der Waals surface area (Å²) in [5.74, 6) is 0.754. The summed E-state index contributed by atoms with van der Waals surface area (Å²) in [7, 11) is 1.63. The van der Waals surface area contributed by atoms with Crippen molar-refractivity contribution in [1.29, 1.82) is 0 Å². The second-order valence-electron chi connectivity index (χ2n) is 4.08. The van der Waals surface area contributed by atoms with Crippen LogP contribution in [0, 0.1) is 6.92 Å². The molecule has 2 rings (SSSR count). The topological polar surface area (TPSA) is 66.0 Å². The number of halogens is 1. The van der Waals surface area contributed by atoms with Crippen LogP contribution in [0.15, 0.2) is 22.7 Å². The van der Waals surface area contributed by atoms with Crippen molar-refractivity contribution in [3.8, 4) is 11.4 Å². The van der Waals surface area contributed by atoms with E-state index in [4.69, 9.17) is 10.5 Å². The van der Waals surface area contributed by atoms with Crippen LogP contribution >= 0.6 is 15.9 Å². The number of rotatable bonds is 3. The van der Waals surface area contributed by atoms with Gasteiger partial charge in [-0.25, -0.2) is 4.68 Å². The number of methoxy groups -OCH3 is 1. The number of benzene rings is 1. The van der Waals surface area contributed by atoms with E-state index in [1.807, 2.05) is 32.0 Å². The molecule has 1 aromatic carbocycles. The zero-order chi connectivity index (χ0) is 13.3. The van der Waals surface area contributed by atoms with Gasteiger partial charge in [0.2, 0.25) is 0 Å². The Morgan fingerprint density at radius 2 is 2.17 bits per heavy atom. The highest BCUT2D eigenvalue weighted by Gasteiger charge is 2.14. The van der Waals surface area contributed by atoms with Crippen LogP contribution < -0.4 is 10.5 Å². The van der Waals surface area contributed by atoms with Gasteiger partial charge in [-0.15, -0.1) is 5.10 Å². The molecule has 0 saturated carbocycles. The highest BCUT2D eigenvalue weighted by atomic mass is 79.9. The Kier molecular flexibility index (Phi) is 3.68. The van der Waals surface area contributed by atoms with Crippen molar-refractivity contribution in [3.05, 3.63) is 34.1 Å². The smallest absolute Gasteiger partial charge is 0.135 e. The summed E-state index contributed by atoms with van der Waals surface area (Å²) >= 11 is 3.42. The van der Waals surface area contributed by atoms with Gasteiger partial charge in [0, 0.05) is 12.1 Å². The standard InChI is InChI=1S/C12H15BrN4O/c1-7(14)12-8(2)17(16-15-12)9-4-5-10(13)11(6-9)18-3/h4-7H,14H2,1-3H3. The third-order valence-corrected chi connectivity index (χ3v) is 3.40. The summed E-state index contributed by atoms with van der Waals surface area (Å²) < 4.78 is 7.93. The van der Waals surface area contributed by atoms with Crippen molar-refractivity contribution in [2.75, 3.05) is 7.11 Å². The molecule has 0 saturated heterocycles. The molecule has 1 heterocycles. The Balaban J connectivity index is 2.49. The van der Waals surface area contributed by atoms with Crippen molar-refractivity contribution in [2.45, 2.75) is 19.9 Å². The van der Waals surface area contributed by atoms with Crippen molar-refractivity contribution in [2.24, 2.45) is 5.73 Å². The fraction of sp³-hybridized carbons (Fsp3) is 0.333. The van der Waals surface area contributed by atoms with Crippen LogP contribution in [0.3, 0.4) is 0 Å². The average molecular weight is 311 g/mol. The molecule has 0 aliphatic carbocycles. The Bertz CT molecular complexity index is 565. The van der Waals surface area contributed by atoms with Gasteiger partial charge in [-0.3, -0.25) is 0 Å². The van der Waals surface area contributed by atoms with Gasteiger partial charge < -0.3 is 10.5 Å². The number of nitrogens with two attached hydrogens (primary N) is 1. The Morgan fingerprint density at radius 3 is 2.72 bits per heavy atom. The molecular formula is C12H15BrN4O. The molecule has 5 nitrogen and oxygen atoms in total. The van der Waals surface area contributed by atoms with Crippen molar-refractivity contribution >= 4 is 15.9 Å². The van der Waals surface area contributed by atoms with Gasteiger partial charge >= 0.3 is 0 Å². The molecule has 6 heteroatoms. The minimum atomic E-state index is -0.129. The van der Waals surface area contributed by atoms with Crippen LogP contribution in [0.5, 0.6) is 5.75 Å². The third kappa shape index (κ3) is 2.26. The van der Waals surface area contributed by atoms with Crippen molar-refractivity contribution in [3.63, 3.8) is 0 Å². The van der Waals surface area contributed by atoms with Crippen LogP contribution in [0.2, 0.25) is 0 Å². The molecule has 1 unspecified atom stereocenters. The van der Waals surface area contributed by atoms with Crippen LogP contribution in [0.1, 0.15) is 24.4 Å².